The van der Waals surface area contributed by atoms with Crippen LogP contribution in [0.15, 0.2) is 30.5 Å². The van der Waals surface area contributed by atoms with Crippen molar-refractivity contribution in [1.82, 2.24) is 15.2 Å². The maximum absolute atomic E-state index is 5.85. The largest absolute Gasteiger partial charge is 0.365 e. The maximum atomic E-state index is 5.85. The second-order valence-corrected chi connectivity index (χ2v) is 5.04. The molecule has 0 saturated carbocycles. The molecule has 1 aromatic carbocycles. The van der Waals surface area contributed by atoms with E-state index in [1.54, 1.807) is 6.20 Å². The lowest BCUT2D eigenvalue weighted by atomic mass is 10.2. The monoisotopic (exact) mass is 291 g/mol. The predicted octanol–water partition coefficient (Wildman–Crippen LogP) is 3.35. The molecule has 0 spiro atoms. The Morgan fingerprint density at radius 1 is 1.25 bits per heavy atom. The Kier molecular flexibility index (Phi) is 5.12. The molecule has 0 aliphatic heterocycles. The van der Waals surface area contributed by atoms with Crippen molar-refractivity contribution in [3.8, 4) is 0 Å². The Morgan fingerprint density at radius 2 is 2.00 bits per heavy atom. The molecular formula is C14H18ClN5. The lowest BCUT2D eigenvalue weighted by Gasteiger charge is -2.11. The molecule has 1 aromatic heterocycles. The number of nitrogens with zero attached hydrogens (tertiary/aromatic N) is 3. The van der Waals surface area contributed by atoms with E-state index in [0.29, 0.717) is 24.4 Å². The third kappa shape index (κ3) is 4.35. The topological polar surface area (TPSA) is 62.7 Å². The predicted molar refractivity (Wildman–Crippen MR) is 82.0 cm³/mol. The van der Waals surface area contributed by atoms with E-state index in [-0.39, 0.29) is 0 Å². The van der Waals surface area contributed by atoms with Crippen molar-refractivity contribution >= 4 is 23.4 Å². The minimum Gasteiger partial charge on any atom is -0.365 e. The van der Waals surface area contributed by atoms with Gasteiger partial charge in [0.25, 0.3) is 0 Å². The summed E-state index contributed by atoms with van der Waals surface area (Å²) in [6.07, 6.45) is 2.61. The van der Waals surface area contributed by atoms with E-state index in [0.717, 1.165) is 17.0 Å². The van der Waals surface area contributed by atoms with Crippen LogP contribution in [-0.4, -0.2) is 21.2 Å². The van der Waals surface area contributed by atoms with Gasteiger partial charge in [-0.1, -0.05) is 30.7 Å². The second-order valence-electron chi connectivity index (χ2n) is 4.60. The first-order chi connectivity index (χ1) is 9.67. The first-order valence-corrected chi connectivity index (χ1v) is 6.99. The fourth-order valence-electron chi connectivity index (χ4n) is 1.57. The van der Waals surface area contributed by atoms with Gasteiger partial charge in [0, 0.05) is 17.6 Å². The summed E-state index contributed by atoms with van der Waals surface area (Å²) in [6, 6.07) is 8.01. The van der Waals surface area contributed by atoms with Gasteiger partial charge in [-0.15, -0.1) is 5.10 Å². The first kappa shape index (κ1) is 14.5. The van der Waals surface area contributed by atoms with Crippen molar-refractivity contribution in [2.45, 2.75) is 32.9 Å². The molecule has 0 bridgehead atoms. The lowest BCUT2D eigenvalue weighted by Crippen LogP contribution is -2.16. The fourth-order valence-corrected chi connectivity index (χ4v) is 1.69. The molecular weight excluding hydrogens is 274 g/mol. The minimum absolute atomic E-state index is 0.323. The summed E-state index contributed by atoms with van der Waals surface area (Å²) < 4.78 is 0. The summed E-state index contributed by atoms with van der Waals surface area (Å²) in [4.78, 5) is 4.37. The van der Waals surface area contributed by atoms with Crippen LogP contribution in [0.2, 0.25) is 5.02 Å². The van der Waals surface area contributed by atoms with Gasteiger partial charge in [-0.05, 0) is 31.0 Å². The quantitative estimate of drug-likeness (QED) is 0.854. The molecule has 2 rings (SSSR count). The van der Waals surface area contributed by atoms with Crippen LogP contribution in [0.1, 0.15) is 25.8 Å². The number of hydrogen-bond acceptors (Lipinski definition) is 5. The summed E-state index contributed by atoms with van der Waals surface area (Å²) >= 11 is 5.85. The molecule has 20 heavy (non-hydrogen) atoms. The number of anilines is 2. The Balaban J connectivity index is 1.95. The van der Waals surface area contributed by atoms with Gasteiger partial charge in [0.2, 0.25) is 5.95 Å². The van der Waals surface area contributed by atoms with Gasteiger partial charge in [0.15, 0.2) is 5.82 Å². The zero-order valence-corrected chi connectivity index (χ0v) is 12.4. The van der Waals surface area contributed by atoms with E-state index in [1.807, 2.05) is 24.3 Å². The van der Waals surface area contributed by atoms with Crippen LogP contribution in [0, 0.1) is 0 Å². The molecule has 1 unspecified atom stereocenters. The van der Waals surface area contributed by atoms with Crippen molar-refractivity contribution in [3.05, 3.63) is 41.0 Å². The van der Waals surface area contributed by atoms with Gasteiger partial charge in [0.05, 0.1) is 6.20 Å². The Morgan fingerprint density at radius 3 is 2.70 bits per heavy atom. The second kappa shape index (κ2) is 7.05. The van der Waals surface area contributed by atoms with E-state index >= 15 is 0 Å². The van der Waals surface area contributed by atoms with E-state index in [2.05, 4.69) is 39.7 Å². The number of aromatic nitrogens is 3. The molecule has 2 N–H and O–H groups in total. The highest BCUT2D eigenvalue weighted by atomic mass is 35.5. The normalized spacial score (nSPS) is 11.9. The highest BCUT2D eigenvalue weighted by Gasteiger charge is 2.03. The van der Waals surface area contributed by atoms with Gasteiger partial charge in [-0.25, -0.2) is 0 Å². The summed E-state index contributed by atoms with van der Waals surface area (Å²) in [5, 5.41) is 15.0. The third-order valence-corrected chi connectivity index (χ3v) is 3.19. The van der Waals surface area contributed by atoms with Crippen molar-refractivity contribution < 1.29 is 0 Å². The molecule has 0 fully saturated rings. The summed E-state index contributed by atoms with van der Waals surface area (Å²) in [7, 11) is 0. The zero-order chi connectivity index (χ0) is 14.4. The van der Waals surface area contributed by atoms with Crippen molar-refractivity contribution in [3.63, 3.8) is 0 Å². The smallest absolute Gasteiger partial charge is 0.244 e. The van der Waals surface area contributed by atoms with Gasteiger partial charge >= 0.3 is 0 Å². The van der Waals surface area contributed by atoms with Crippen LogP contribution < -0.4 is 10.6 Å². The van der Waals surface area contributed by atoms with Crippen LogP contribution in [0.5, 0.6) is 0 Å². The number of rotatable bonds is 6. The summed E-state index contributed by atoms with van der Waals surface area (Å²) in [5.41, 5.74) is 1.13. The van der Waals surface area contributed by atoms with E-state index in [9.17, 15) is 0 Å². The Labute approximate surface area is 123 Å². The molecule has 0 amide bonds. The van der Waals surface area contributed by atoms with Crippen LogP contribution in [0.3, 0.4) is 0 Å². The average molecular weight is 292 g/mol. The molecule has 0 saturated heterocycles. The van der Waals surface area contributed by atoms with Crippen molar-refractivity contribution in [2.75, 3.05) is 10.6 Å². The van der Waals surface area contributed by atoms with Gasteiger partial charge in [0.1, 0.15) is 0 Å². The van der Waals surface area contributed by atoms with Crippen LogP contribution >= 0.6 is 11.6 Å². The lowest BCUT2D eigenvalue weighted by molar-refractivity contribution is 0.746. The average Bonchev–Trinajstić information content (AvgIpc) is 2.47. The Hall–Kier alpha value is -1.88. The molecule has 1 atom stereocenters. The third-order valence-electron chi connectivity index (χ3n) is 2.93. The molecule has 6 heteroatoms. The molecule has 0 radical (unpaired) electrons. The highest BCUT2D eigenvalue weighted by Crippen LogP contribution is 2.11. The van der Waals surface area contributed by atoms with Crippen molar-refractivity contribution in [1.29, 1.82) is 0 Å². The maximum Gasteiger partial charge on any atom is 0.244 e. The van der Waals surface area contributed by atoms with Crippen LogP contribution in [0.25, 0.3) is 0 Å². The molecule has 0 aliphatic carbocycles. The Bertz CT molecular complexity index is 544. The molecule has 1 heterocycles. The molecule has 106 valence electrons. The number of hydrogen-bond donors (Lipinski definition) is 2. The van der Waals surface area contributed by atoms with Crippen molar-refractivity contribution in [2.24, 2.45) is 0 Å². The number of halogens is 1. The standard InChI is InChI=1S/C14H18ClN5/c1-3-10(2)18-14-19-13(9-17-20-14)16-8-11-4-6-12(15)7-5-11/h4-7,9-10H,3,8H2,1-2H3,(H2,16,18,19,20). The summed E-state index contributed by atoms with van der Waals surface area (Å²) in [5.74, 6) is 1.24. The molecule has 5 nitrogen and oxygen atoms in total. The van der Waals surface area contributed by atoms with E-state index in [1.165, 1.54) is 0 Å². The summed E-state index contributed by atoms with van der Waals surface area (Å²) in [6.45, 7) is 4.85. The van der Waals surface area contributed by atoms with E-state index in [4.69, 9.17) is 11.6 Å². The number of nitrogens with one attached hydrogen (secondary N) is 2. The van der Waals surface area contributed by atoms with Crippen LogP contribution in [0.4, 0.5) is 11.8 Å². The molecule has 2 aromatic rings. The van der Waals surface area contributed by atoms with Gasteiger partial charge < -0.3 is 10.6 Å². The van der Waals surface area contributed by atoms with E-state index < -0.39 is 0 Å². The van der Waals surface area contributed by atoms with Crippen LogP contribution in [-0.2, 0) is 6.54 Å². The SMILES string of the molecule is CCC(C)Nc1nncc(NCc2ccc(Cl)cc2)n1. The highest BCUT2D eigenvalue weighted by molar-refractivity contribution is 6.30. The minimum atomic E-state index is 0.323. The molecule has 0 aliphatic rings. The first-order valence-electron chi connectivity index (χ1n) is 6.62. The number of benzene rings is 1. The fraction of sp³-hybridized carbons (Fsp3) is 0.357. The zero-order valence-electron chi connectivity index (χ0n) is 11.6. The van der Waals surface area contributed by atoms with Gasteiger partial charge in [-0.3, -0.25) is 0 Å². The van der Waals surface area contributed by atoms with Gasteiger partial charge in [-0.2, -0.15) is 10.1 Å².